The lowest BCUT2D eigenvalue weighted by Crippen LogP contribution is -2.40. The largest absolute Gasteiger partial charge is 0.379 e. The Morgan fingerprint density at radius 3 is 2.67 bits per heavy atom. The number of amides is 1. The van der Waals surface area contributed by atoms with Crippen molar-refractivity contribution >= 4 is 44.6 Å². The van der Waals surface area contributed by atoms with Gasteiger partial charge in [-0.2, -0.15) is 9.41 Å². The summed E-state index contributed by atoms with van der Waals surface area (Å²) in [4.78, 5) is 13.3. The minimum absolute atomic E-state index is 0.0720. The molecule has 1 aromatic carbocycles. The molecule has 1 saturated heterocycles. The van der Waals surface area contributed by atoms with Crippen LogP contribution in [-0.2, 0) is 14.8 Å². The SMILES string of the molecule is CC(=NNC(=O)c1cccc(S(=O)(=O)N2CCOCC2)c1)c1ccc(Cl)s1. The molecule has 0 spiro atoms. The number of morpholine rings is 1. The molecular formula is C17H18ClN3O4S2. The van der Waals surface area contributed by atoms with E-state index in [0.717, 1.165) is 4.88 Å². The molecule has 1 aliphatic heterocycles. The molecule has 1 N–H and O–H groups in total. The van der Waals surface area contributed by atoms with Gasteiger partial charge in [0.2, 0.25) is 10.0 Å². The fraction of sp³-hybridized carbons (Fsp3) is 0.294. The Morgan fingerprint density at radius 1 is 1.26 bits per heavy atom. The van der Waals surface area contributed by atoms with Gasteiger partial charge in [-0.25, -0.2) is 13.8 Å². The monoisotopic (exact) mass is 427 g/mol. The molecule has 10 heteroatoms. The number of hydrogen-bond donors (Lipinski definition) is 1. The zero-order valence-corrected chi connectivity index (χ0v) is 16.9. The van der Waals surface area contributed by atoms with Gasteiger partial charge in [0.1, 0.15) is 0 Å². The normalized spacial score (nSPS) is 16.3. The van der Waals surface area contributed by atoms with Crippen LogP contribution in [0.1, 0.15) is 22.2 Å². The summed E-state index contributed by atoms with van der Waals surface area (Å²) in [7, 11) is -3.67. The van der Waals surface area contributed by atoms with Crippen LogP contribution in [0.15, 0.2) is 46.4 Å². The van der Waals surface area contributed by atoms with E-state index in [1.54, 1.807) is 19.1 Å². The number of halogens is 1. The highest BCUT2D eigenvalue weighted by atomic mass is 35.5. The zero-order chi connectivity index (χ0) is 19.4. The Hall–Kier alpha value is -1.78. The van der Waals surface area contributed by atoms with E-state index in [0.29, 0.717) is 36.4 Å². The van der Waals surface area contributed by atoms with E-state index >= 15 is 0 Å². The van der Waals surface area contributed by atoms with Crippen molar-refractivity contribution in [1.29, 1.82) is 0 Å². The molecule has 1 aromatic heterocycles. The fourth-order valence-corrected chi connectivity index (χ4v) is 4.94. The summed E-state index contributed by atoms with van der Waals surface area (Å²) in [6.45, 7) is 3.07. The zero-order valence-electron chi connectivity index (χ0n) is 14.5. The molecule has 0 radical (unpaired) electrons. The van der Waals surface area contributed by atoms with Crippen molar-refractivity contribution in [3.8, 4) is 0 Å². The molecule has 2 aromatic rings. The minimum atomic E-state index is -3.67. The van der Waals surface area contributed by atoms with Crippen molar-refractivity contribution in [3.05, 3.63) is 51.2 Å². The third-order valence-electron chi connectivity index (χ3n) is 3.96. The third kappa shape index (κ3) is 4.74. The Bertz CT molecular complexity index is 966. The van der Waals surface area contributed by atoms with E-state index in [4.69, 9.17) is 16.3 Å². The maximum absolute atomic E-state index is 12.7. The highest BCUT2D eigenvalue weighted by molar-refractivity contribution is 7.89. The smallest absolute Gasteiger partial charge is 0.271 e. The van der Waals surface area contributed by atoms with E-state index in [2.05, 4.69) is 10.5 Å². The molecule has 1 aliphatic rings. The van der Waals surface area contributed by atoms with Gasteiger partial charge in [0.05, 0.1) is 33.0 Å². The predicted molar refractivity (Wildman–Crippen MR) is 105 cm³/mol. The number of nitrogens with one attached hydrogen (secondary N) is 1. The van der Waals surface area contributed by atoms with Crippen molar-refractivity contribution in [3.63, 3.8) is 0 Å². The average Bonchev–Trinajstić information content (AvgIpc) is 3.13. The predicted octanol–water partition coefficient (Wildman–Crippen LogP) is 2.58. The maximum Gasteiger partial charge on any atom is 0.271 e. The number of nitrogens with zero attached hydrogens (tertiary/aromatic N) is 2. The first kappa shape index (κ1) is 20.0. The lowest BCUT2D eigenvalue weighted by Gasteiger charge is -2.26. The fourth-order valence-electron chi connectivity index (χ4n) is 2.50. The number of sulfonamides is 1. The Labute approximate surface area is 166 Å². The van der Waals surface area contributed by atoms with Gasteiger partial charge in [0.25, 0.3) is 5.91 Å². The lowest BCUT2D eigenvalue weighted by molar-refractivity contribution is 0.0730. The quantitative estimate of drug-likeness (QED) is 0.586. The van der Waals surface area contributed by atoms with Crippen LogP contribution in [0.5, 0.6) is 0 Å². The molecular weight excluding hydrogens is 410 g/mol. The number of hydrogen-bond acceptors (Lipinski definition) is 6. The summed E-state index contributed by atoms with van der Waals surface area (Å²) >= 11 is 7.25. The summed E-state index contributed by atoms with van der Waals surface area (Å²) in [6.07, 6.45) is 0. The highest BCUT2D eigenvalue weighted by Gasteiger charge is 2.26. The number of ether oxygens (including phenoxy) is 1. The first-order chi connectivity index (χ1) is 12.9. The Morgan fingerprint density at radius 2 is 2.00 bits per heavy atom. The summed E-state index contributed by atoms with van der Waals surface area (Å²) in [6, 6.07) is 9.48. The number of thiophene rings is 1. The van der Waals surface area contributed by atoms with E-state index in [9.17, 15) is 13.2 Å². The van der Waals surface area contributed by atoms with Gasteiger partial charge in [-0.1, -0.05) is 17.7 Å². The summed E-state index contributed by atoms with van der Waals surface area (Å²) < 4.78 is 32.6. The van der Waals surface area contributed by atoms with Gasteiger partial charge in [-0.3, -0.25) is 4.79 Å². The number of carbonyl (C=O) groups excluding carboxylic acids is 1. The molecule has 0 saturated carbocycles. The summed E-state index contributed by atoms with van der Waals surface area (Å²) in [5.74, 6) is -0.490. The van der Waals surface area contributed by atoms with Crippen molar-refractivity contribution in [2.75, 3.05) is 26.3 Å². The van der Waals surface area contributed by atoms with Crippen LogP contribution in [0.3, 0.4) is 0 Å². The standard InChI is InChI=1S/C17H18ClN3O4S2/c1-12(15-5-6-16(18)26-15)19-20-17(22)13-3-2-4-14(11-13)27(23,24)21-7-9-25-10-8-21/h2-6,11H,7-10H2,1H3,(H,20,22). The van der Waals surface area contributed by atoms with Crippen LogP contribution >= 0.6 is 22.9 Å². The van der Waals surface area contributed by atoms with Crippen LogP contribution in [0, 0.1) is 0 Å². The van der Waals surface area contributed by atoms with Crippen molar-refractivity contribution in [2.24, 2.45) is 5.10 Å². The van der Waals surface area contributed by atoms with Gasteiger partial charge in [0.15, 0.2) is 0 Å². The molecule has 0 atom stereocenters. The molecule has 27 heavy (non-hydrogen) atoms. The van der Waals surface area contributed by atoms with Crippen molar-refractivity contribution < 1.29 is 17.9 Å². The second-order valence-electron chi connectivity index (χ2n) is 5.79. The van der Waals surface area contributed by atoms with Gasteiger partial charge in [-0.05, 0) is 37.3 Å². The molecule has 0 unspecified atom stereocenters. The summed E-state index contributed by atoms with van der Waals surface area (Å²) in [5, 5.41) is 4.06. The van der Waals surface area contributed by atoms with Crippen molar-refractivity contribution in [1.82, 2.24) is 9.73 Å². The average molecular weight is 428 g/mol. The highest BCUT2D eigenvalue weighted by Crippen LogP contribution is 2.22. The molecule has 7 nitrogen and oxygen atoms in total. The molecule has 3 rings (SSSR count). The van der Waals surface area contributed by atoms with Crippen LogP contribution < -0.4 is 5.43 Å². The number of hydrazone groups is 1. The molecule has 1 amide bonds. The van der Waals surface area contributed by atoms with Gasteiger partial charge >= 0.3 is 0 Å². The summed E-state index contributed by atoms with van der Waals surface area (Å²) in [5.41, 5.74) is 3.27. The van der Waals surface area contributed by atoms with E-state index < -0.39 is 15.9 Å². The first-order valence-electron chi connectivity index (χ1n) is 8.16. The third-order valence-corrected chi connectivity index (χ3v) is 7.19. The molecule has 0 bridgehead atoms. The molecule has 0 aliphatic carbocycles. The Kier molecular flexibility index (Phi) is 6.28. The topological polar surface area (TPSA) is 88.1 Å². The number of rotatable bonds is 5. The van der Waals surface area contributed by atoms with Crippen LogP contribution in [-0.4, -0.2) is 50.6 Å². The number of carbonyl (C=O) groups is 1. The lowest BCUT2D eigenvalue weighted by atomic mass is 10.2. The van der Waals surface area contributed by atoms with E-state index in [1.165, 1.54) is 33.8 Å². The van der Waals surface area contributed by atoms with Crippen molar-refractivity contribution in [2.45, 2.75) is 11.8 Å². The maximum atomic E-state index is 12.7. The van der Waals surface area contributed by atoms with Crippen LogP contribution in [0.2, 0.25) is 4.34 Å². The van der Waals surface area contributed by atoms with Crippen LogP contribution in [0.25, 0.3) is 0 Å². The van der Waals surface area contributed by atoms with E-state index in [-0.39, 0.29) is 10.5 Å². The molecule has 144 valence electrons. The van der Waals surface area contributed by atoms with E-state index in [1.807, 2.05) is 6.07 Å². The van der Waals surface area contributed by atoms with Gasteiger partial charge < -0.3 is 4.74 Å². The molecule has 1 fully saturated rings. The van der Waals surface area contributed by atoms with Gasteiger partial charge in [0, 0.05) is 18.7 Å². The number of benzene rings is 1. The first-order valence-corrected chi connectivity index (χ1v) is 10.8. The van der Waals surface area contributed by atoms with Crippen LogP contribution in [0.4, 0.5) is 0 Å². The molecule has 2 heterocycles. The second kappa shape index (κ2) is 8.49. The minimum Gasteiger partial charge on any atom is -0.379 e. The second-order valence-corrected chi connectivity index (χ2v) is 9.44. The van der Waals surface area contributed by atoms with Gasteiger partial charge in [-0.15, -0.1) is 11.3 Å². The Balaban J connectivity index is 1.75.